The Balaban J connectivity index is 1.69. The molecule has 0 saturated carbocycles. The number of imidazole rings is 1. The fraction of sp³-hybridized carbons (Fsp3) is 0.243. The summed E-state index contributed by atoms with van der Waals surface area (Å²) in [4.78, 5) is 17.4. The molecule has 1 heterocycles. The molecule has 8 nitrogen and oxygen atoms in total. The highest BCUT2D eigenvalue weighted by Gasteiger charge is 2.38. The zero-order valence-corrected chi connectivity index (χ0v) is 27.6. The van der Waals surface area contributed by atoms with E-state index in [0.717, 1.165) is 0 Å². The Kier molecular flexibility index (Phi) is 11.4. The Bertz CT molecular complexity index is 1910. The molecule has 0 aliphatic heterocycles. The summed E-state index contributed by atoms with van der Waals surface area (Å²) in [6.45, 7) is 1.22. The maximum atomic E-state index is 14.0. The predicted molar refractivity (Wildman–Crippen MR) is 179 cm³/mol. The van der Waals surface area contributed by atoms with Crippen molar-refractivity contribution in [1.29, 1.82) is 0 Å². The monoisotopic (exact) mass is 712 g/mol. The van der Waals surface area contributed by atoms with Gasteiger partial charge in [-0.05, 0) is 84.4 Å². The van der Waals surface area contributed by atoms with Gasteiger partial charge in [-0.15, -0.1) is 0 Å². The van der Waals surface area contributed by atoms with Crippen LogP contribution >= 0.6 is 0 Å². The number of carbonyl (C=O) groups is 1. The number of methoxy groups -OCH3 is 2. The average Bonchev–Trinajstić information content (AvgIpc) is 3.49. The van der Waals surface area contributed by atoms with E-state index >= 15 is 0 Å². The zero-order chi connectivity index (χ0) is 36.8. The van der Waals surface area contributed by atoms with Gasteiger partial charge in [-0.2, -0.15) is 26.3 Å². The molecule has 0 unspecified atom stereocenters. The van der Waals surface area contributed by atoms with E-state index in [2.05, 4.69) is 5.32 Å². The summed E-state index contributed by atoms with van der Waals surface area (Å²) in [5.41, 5.74) is 4.82. The van der Waals surface area contributed by atoms with Crippen molar-refractivity contribution in [2.75, 3.05) is 40.5 Å². The molecule has 268 valence electrons. The SMILES string of the molecule is COc1ccc(-c2nc(-c3cc(C(F)(F)F)cc(C(F)(F)F)c3)n(Cc3ccc(C(=O)NCCOCCN)cc3)c2-c2ccc(OC)cc2)cc1. The standard InChI is InChI=1S/C37H34F6N4O4/c1-49-30-11-7-24(8-12-30)32-33(25-9-13-31(50-2)14-10-25)47(22-23-3-5-26(6-4-23)35(48)45-16-18-51-17-15-44)34(46-32)27-19-28(36(38,39)40)21-29(20-27)37(41,42)43/h3-14,19-21H,15-18,22,44H2,1-2H3,(H,45,48). The largest absolute Gasteiger partial charge is 0.497 e. The van der Waals surface area contributed by atoms with E-state index in [0.29, 0.717) is 70.4 Å². The summed E-state index contributed by atoms with van der Waals surface area (Å²) in [7, 11) is 2.98. The normalized spacial score (nSPS) is 11.8. The highest BCUT2D eigenvalue weighted by atomic mass is 19.4. The number of alkyl halides is 6. The van der Waals surface area contributed by atoms with Crippen LogP contribution in [-0.4, -0.2) is 56.0 Å². The summed E-state index contributed by atoms with van der Waals surface area (Å²) in [6, 6.07) is 21.4. The van der Waals surface area contributed by atoms with Crippen LogP contribution in [0.25, 0.3) is 33.9 Å². The summed E-state index contributed by atoms with van der Waals surface area (Å²) in [5, 5.41) is 2.74. The molecule has 0 bridgehead atoms. The lowest BCUT2D eigenvalue weighted by Gasteiger charge is -2.17. The molecular formula is C37H34F6N4O4. The van der Waals surface area contributed by atoms with Crippen molar-refractivity contribution in [3.63, 3.8) is 0 Å². The van der Waals surface area contributed by atoms with Gasteiger partial charge in [0.25, 0.3) is 5.91 Å². The molecule has 5 aromatic rings. The molecule has 0 atom stereocenters. The Morgan fingerprint density at radius 1 is 0.745 bits per heavy atom. The van der Waals surface area contributed by atoms with Crippen LogP contribution in [0.4, 0.5) is 26.3 Å². The van der Waals surface area contributed by atoms with Crippen LogP contribution in [0.2, 0.25) is 0 Å². The van der Waals surface area contributed by atoms with Gasteiger partial charge in [0.2, 0.25) is 0 Å². The lowest BCUT2D eigenvalue weighted by molar-refractivity contribution is -0.143. The number of nitrogens with two attached hydrogens (primary N) is 1. The lowest BCUT2D eigenvalue weighted by Crippen LogP contribution is -2.27. The van der Waals surface area contributed by atoms with Crippen molar-refractivity contribution in [3.8, 4) is 45.4 Å². The van der Waals surface area contributed by atoms with Crippen LogP contribution in [0.1, 0.15) is 27.0 Å². The summed E-state index contributed by atoms with van der Waals surface area (Å²) in [5.74, 6) is 0.570. The fourth-order valence-corrected chi connectivity index (χ4v) is 5.37. The highest BCUT2D eigenvalue weighted by molar-refractivity contribution is 5.94. The number of ether oxygens (including phenoxy) is 3. The maximum absolute atomic E-state index is 14.0. The van der Waals surface area contributed by atoms with E-state index in [4.69, 9.17) is 24.9 Å². The van der Waals surface area contributed by atoms with Crippen molar-refractivity contribution in [1.82, 2.24) is 14.9 Å². The molecule has 0 saturated heterocycles. The van der Waals surface area contributed by atoms with Gasteiger partial charge in [-0.1, -0.05) is 12.1 Å². The van der Waals surface area contributed by atoms with Crippen molar-refractivity contribution in [2.24, 2.45) is 5.73 Å². The molecule has 3 N–H and O–H groups in total. The number of rotatable bonds is 13. The maximum Gasteiger partial charge on any atom is 0.416 e. The topological polar surface area (TPSA) is 101 Å². The lowest BCUT2D eigenvalue weighted by atomic mass is 10.0. The van der Waals surface area contributed by atoms with Gasteiger partial charge < -0.3 is 29.8 Å². The Labute approximate surface area is 289 Å². The number of hydrogen-bond acceptors (Lipinski definition) is 6. The number of amides is 1. The molecule has 0 fully saturated rings. The first-order chi connectivity index (χ1) is 24.3. The molecule has 1 aromatic heterocycles. The molecule has 0 radical (unpaired) electrons. The number of halogens is 6. The van der Waals surface area contributed by atoms with Gasteiger partial charge >= 0.3 is 12.4 Å². The summed E-state index contributed by atoms with van der Waals surface area (Å²) >= 11 is 0. The van der Waals surface area contributed by atoms with Crippen molar-refractivity contribution >= 4 is 5.91 Å². The number of nitrogens with zero attached hydrogens (tertiary/aromatic N) is 2. The minimum Gasteiger partial charge on any atom is -0.497 e. The minimum absolute atomic E-state index is 0.0354. The smallest absolute Gasteiger partial charge is 0.416 e. The van der Waals surface area contributed by atoms with Crippen LogP contribution in [0, 0.1) is 0 Å². The van der Waals surface area contributed by atoms with E-state index in [1.165, 1.54) is 14.2 Å². The first kappa shape index (κ1) is 36.9. The molecule has 4 aromatic carbocycles. The van der Waals surface area contributed by atoms with Gasteiger partial charge in [0.15, 0.2) is 0 Å². The second-order valence-corrected chi connectivity index (χ2v) is 11.3. The minimum atomic E-state index is -5.07. The number of benzene rings is 4. The molecule has 0 aliphatic carbocycles. The van der Waals surface area contributed by atoms with Crippen molar-refractivity contribution in [2.45, 2.75) is 18.9 Å². The fourth-order valence-electron chi connectivity index (χ4n) is 5.37. The van der Waals surface area contributed by atoms with E-state index in [1.54, 1.807) is 77.4 Å². The van der Waals surface area contributed by atoms with Crippen LogP contribution in [0.5, 0.6) is 11.5 Å². The Hall–Kier alpha value is -5.34. The Morgan fingerprint density at radius 2 is 1.29 bits per heavy atom. The number of aromatic nitrogens is 2. The Morgan fingerprint density at radius 3 is 1.80 bits per heavy atom. The van der Waals surface area contributed by atoms with Gasteiger partial charge in [0.05, 0.1) is 49.9 Å². The van der Waals surface area contributed by atoms with E-state index in [-0.39, 0.29) is 43.1 Å². The third-order valence-electron chi connectivity index (χ3n) is 7.89. The molecule has 51 heavy (non-hydrogen) atoms. The molecule has 1 amide bonds. The predicted octanol–water partition coefficient (Wildman–Crippen LogP) is 7.69. The van der Waals surface area contributed by atoms with Gasteiger partial charge in [0, 0.05) is 41.9 Å². The molecule has 0 aliphatic rings. The second kappa shape index (κ2) is 15.7. The van der Waals surface area contributed by atoms with Crippen LogP contribution in [-0.2, 0) is 23.6 Å². The third kappa shape index (κ3) is 8.88. The van der Waals surface area contributed by atoms with Gasteiger partial charge in [-0.3, -0.25) is 4.79 Å². The molecular weight excluding hydrogens is 678 g/mol. The van der Waals surface area contributed by atoms with Gasteiger partial charge in [0.1, 0.15) is 17.3 Å². The molecule has 0 spiro atoms. The first-order valence-electron chi connectivity index (χ1n) is 15.7. The first-order valence-corrected chi connectivity index (χ1v) is 15.7. The van der Waals surface area contributed by atoms with Crippen LogP contribution in [0.3, 0.4) is 0 Å². The van der Waals surface area contributed by atoms with E-state index in [1.807, 2.05) is 0 Å². The zero-order valence-electron chi connectivity index (χ0n) is 27.6. The third-order valence-corrected chi connectivity index (χ3v) is 7.89. The highest BCUT2D eigenvalue weighted by Crippen LogP contribution is 2.42. The number of carbonyl (C=O) groups excluding carboxylic acids is 1. The van der Waals surface area contributed by atoms with Crippen molar-refractivity contribution < 1.29 is 45.3 Å². The van der Waals surface area contributed by atoms with Crippen LogP contribution in [0.15, 0.2) is 91.0 Å². The second-order valence-electron chi connectivity index (χ2n) is 11.3. The summed E-state index contributed by atoms with van der Waals surface area (Å²) < 4.78 is 102. The molecule has 5 rings (SSSR count). The summed E-state index contributed by atoms with van der Waals surface area (Å²) in [6.07, 6.45) is -10.1. The molecule has 14 heteroatoms. The number of hydrogen-bond donors (Lipinski definition) is 2. The van der Waals surface area contributed by atoms with E-state index in [9.17, 15) is 31.1 Å². The average molecular weight is 713 g/mol. The quantitative estimate of drug-likeness (QED) is 0.0960. The number of nitrogens with one attached hydrogen (secondary N) is 1. The van der Waals surface area contributed by atoms with E-state index < -0.39 is 23.5 Å². The van der Waals surface area contributed by atoms with Crippen molar-refractivity contribution in [3.05, 3.63) is 113 Å². The van der Waals surface area contributed by atoms with Gasteiger partial charge in [-0.25, -0.2) is 4.98 Å². The van der Waals surface area contributed by atoms with Crippen LogP contribution < -0.4 is 20.5 Å².